The molecule has 3 rings (SSSR count). The summed E-state index contributed by atoms with van der Waals surface area (Å²) in [5.41, 5.74) is 2.36. The Morgan fingerprint density at radius 1 is 1.18 bits per heavy atom. The summed E-state index contributed by atoms with van der Waals surface area (Å²) >= 11 is 0. The number of nitrogens with zero attached hydrogens (tertiary/aromatic N) is 4. The number of piperazine rings is 1. The maximum Gasteiger partial charge on any atom is 0.272 e. The van der Waals surface area contributed by atoms with Crippen LogP contribution in [0.5, 0.6) is 0 Å². The Morgan fingerprint density at radius 3 is 2.50 bits per heavy atom. The Morgan fingerprint density at radius 2 is 1.91 bits per heavy atom. The molecule has 2 aromatic rings. The number of aryl methyl sites for hydroxylation is 1. The lowest BCUT2D eigenvalue weighted by molar-refractivity contribution is -0.384. The molecule has 0 saturated carbocycles. The van der Waals surface area contributed by atoms with Gasteiger partial charge in [0.2, 0.25) is 0 Å². The molecule has 1 aliphatic heterocycles. The Balaban J connectivity index is 1.99. The van der Waals surface area contributed by atoms with Crippen LogP contribution in [0, 0.1) is 17.0 Å². The van der Waals surface area contributed by atoms with E-state index in [1.54, 1.807) is 12.1 Å². The molecule has 0 spiro atoms. The fourth-order valence-corrected chi connectivity index (χ4v) is 2.59. The van der Waals surface area contributed by atoms with Gasteiger partial charge in [-0.3, -0.25) is 10.1 Å². The first-order chi connectivity index (χ1) is 10.5. The summed E-state index contributed by atoms with van der Waals surface area (Å²) in [6.45, 7) is 5.42. The summed E-state index contributed by atoms with van der Waals surface area (Å²) in [5.74, 6) is 0.552. The maximum absolute atomic E-state index is 11.2. The van der Waals surface area contributed by atoms with Crippen LogP contribution in [-0.4, -0.2) is 48.2 Å². The van der Waals surface area contributed by atoms with Crippen molar-refractivity contribution in [2.24, 2.45) is 0 Å². The summed E-state index contributed by atoms with van der Waals surface area (Å²) in [4.78, 5) is 15.3. The predicted octanol–water partition coefficient (Wildman–Crippen LogP) is 2.31. The molecule has 0 unspecified atom stereocenters. The number of aromatic nitrogens is 1. The van der Waals surface area contributed by atoms with E-state index in [1.807, 2.05) is 13.0 Å². The van der Waals surface area contributed by atoms with Gasteiger partial charge in [-0.15, -0.1) is 0 Å². The van der Waals surface area contributed by atoms with Crippen molar-refractivity contribution in [2.75, 3.05) is 38.1 Å². The highest BCUT2D eigenvalue weighted by Crippen LogP contribution is 2.31. The summed E-state index contributed by atoms with van der Waals surface area (Å²) in [7, 11) is 2.08. The molecule has 0 aliphatic carbocycles. The lowest BCUT2D eigenvalue weighted by atomic mass is 10.1. The van der Waals surface area contributed by atoms with E-state index in [0.29, 0.717) is 11.3 Å². The van der Waals surface area contributed by atoms with Crippen LogP contribution in [0.2, 0.25) is 0 Å². The van der Waals surface area contributed by atoms with Gasteiger partial charge < -0.3 is 14.3 Å². The van der Waals surface area contributed by atoms with E-state index in [9.17, 15) is 10.1 Å². The Labute approximate surface area is 128 Å². The van der Waals surface area contributed by atoms with Gasteiger partial charge in [-0.1, -0.05) is 5.16 Å². The van der Waals surface area contributed by atoms with Crippen molar-refractivity contribution in [1.29, 1.82) is 0 Å². The lowest BCUT2D eigenvalue weighted by Gasteiger charge is -2.34. The number of hydrogen-bond donors (Lipinski definition) is 0. The van der Waals surface area contributed by atoms with Gasteiger partial charge in [0.1, 0.15) is 0 Å². The molecule has 1 aromatic carbocycles. The molecule has 1 saturated heterocycles. The van der Waals surface area contributed by atoms with Gasteiger partial charge in [0.15, 0.2) is 5.76 Å². The molecular formula is C15H18N4O3. The predicted molar refractivity (Wildman–Crippen MR) is 83.0 cm³/mol. The van der Waals surface area contributed by atoms with E-state index >= 15 is 0 Å². The van der Waals surface area contributed by atoms with Crippen molar-refractivity contribution < 1.29 is 9.45 Å². The molecule has 0 amide bonds. The monoisotopic (exact) mass is 302 g/mol. The molecule has 0 atom stereocenters. The topological polar surface area (TPSA) is 75.7 Å². The number of nitro groups is 1. The summed E-state index contributed by atoms with van der Waals surface area (Å²) in [6, 6.07) is 6.86. The minimum Gasteiger partial charge on any atom is -0.369 e. The van der Waals surface area contributed by atoms with Crippen molar-refractivity contribution in [3.8, 4) is 11.3 Å². The molecule has 7 heteroatoms. The second-order valence-corrected chi connectivity index (χ2v) is 5.62. The first-order valence-corrected chi connectivity index (χ1v) is 7.19. The zero-order valence-corrected chi connectivity index (χ0v) is 12.7. The number of rotatable bonds is 3. The van der Waals surface area contributed by atoms with Gasteiger partial charge in [0.05, 0.1) is 10.6 Å². The van der Waals surface area contributed by atoms with Gasteiger partial charge in [-0.25, -0.2) is 0 Å². The van der Waals surface area contributed by atoms with Crippen LogP contribution in [0.25, 0.3) is 11.3 Å². The summed E-state index contributed by atoms with van der Waals surface area (Å²) in [6.07, 6.45) is 0. The molecule has 2 heterocycles. The number of nitro benzene ring substituents is 1. The summed E-state index contributed by atoms with van der Waals surface area (Å²) < 4.78 is 5.25. The number of anilines is 1. The van der Waals surface area contributed by atoms with Crippen molar-refractivity contribution in [1.82, 2.24) is 10.1 Å². The van der Waals surface area contributed by atoms with E-state index in [1.165, 1.54) is 6.07 Å². The SMILES string of the molecule is Cc1cc(-c2cc(N3CCN(C)CC3)cc([N+](=O)[O-])c2)on1. The number of likely N-dealkylation sites (N-methyl/N-ethyl adjacent to an activating group) is 1. The molecule has 116 valence electrons. The van der Waals surface area contributed by atoms with Crippen LogP contribution >= 0.6 is 0 Å². The van der Waals surface area contributed by atoms with Crippen molar-refractivity contribution >= 4 is 11.4 Å². The van der Waals surface area contributed by atoms with Crippen molar-refractivity contribution in [3.63, 3.8) is 0 Å². The van der Waals surface area contributed by atoms with Crippen LogP contribution in [-0.2, 0) is 0 Å². The minimum absolute atomic E-state index is 0.0699. The molecule has 7 nitrogen and oxygen atoms in total. The van der Waals surface area contributed by atoms with Crippen LogP contribution < -0.4 is 4.90 Å². The van der Waals surface area contributed by atoms with Crippen LogP contribution in [0.3, 0.4) is 0 Å². The van der Waals surface area contributed by atoms with Gasteiger partial charge in [0, 0.05) is 55.6 Å². The van der Waals surface area contributed by atoms with E-state index in [4.69, 9.17) is 4.52 Å². The molecule has 22 heavy (non-hydrogen) atoms. The summed E-state index contributed by atoms with van der Waals surface area (Å²) in [5, 5.41) is 15.1. The molecule has 1 fully saturated rings. The number of benzene rings is 1. The van der Waals surface area contributed by atoms with Crippen LogP contribution in [0.4, 0.5) is 11.4 Å². The van der Waals surface area contributed by atoms with Gasteiger partial charge in [0.25, 0.3) is 5.69 Å². The Bertz CT molecular complexity index is 690. The van der Waals surface area contributed by atoms with Crippen LogP contribution in [0.15, 0.2) is 28.8 Å². The van der Waals surface area contributed by atoms with E-state index in [0.717, 1.165) is 37.6 Å². The van der Waals surface area contributed by atoms with Gasteiger partial charge >= 0.3 is 0 Å². The third-order valence-corrected chi connectivity index (χ3v) is 3.89. The highest BCUT2D eigenvalue weighted by molar-refractivity contribution is 5.69. The molecule has 1 aliphatic rings. The zero-order chi connectivity index (χ0) is 15.7. The van der Waals surface area contributed by atoms with Crippen LogP contribution in [0.1, 0.15) is 5.69 Å². The smallest absolute Gasteiger partial charge is 0.272 e. The van der Waals surface area contributed by atoms with E-state index in [-0.39, 0.29) is 10.6 Å². The molecule has 0 bridgehead atoms. The fourth-order valence-electron chi connectivity index (χ4n) is 2.59. The van der Waals surface area contributed by atoms with E-state index < -0.39 is 0 Å². The molecule has 1 aromatic heterocycles. The number of hydrogen-bond acceptors (Lipinski definition) is 6. The lowest BCUT2D eigenvalue weighted by Crippen LogP contribution is -2.44. The van der Waals surface area contributed by atoms with Gasteiger partial charge in [-0.2, -0.15) is 0 Å². The molecule has 0 N–H and O–H groups in total. The second-order valence-electron chi connectivity index (χ2n) is 5.62. The minimum atomic E-state index is -0.369. The standard InChI is InChI=1S/C15H18N4O3/c1-11-7-15(22-16-11)12-8-13(10-14(9-12)19(20)21)18-5-3-17(2)4-6-18/h7-10H,3-6H2,1-2H3. The maximum atomic E-state index is 11.2. The third kappa shape index (κ3) is 2.94. The zero-order valence-electron chi connectivity index (χ0n) is 12.7. The average molecular weight is 302 g/mol. The highest BCUT2D eigenvalue weighted by Gasteiger charge is 2.19. The third-order valence-electron chi connectivity index (χ3n) is 3.89. The Hall–Kier alpha value is -2.41. The largest absolute Gasteiger partial charge is 0.369 e. The fraction of sp³-hybridized carbons (Fsp3) is 0.400. The first kappa shape index (κ1) is 14.5. The normalized spacial score (nSPS) is 16.0. The quantitative estimate of drug-likeness (QED) is 0.639. The molecule has 0 radical (unpaired) electrons. The average Bonchev–Trinajstić information content (AvgIpc) is 2.94. The number of non-ortho nitro benzene ring substituents is 1. The first-order valence-electron chi connectivity index (χ1n) is 7.19. The highest BCUT2D eigenvalue weighted by atomic mass is 16.6. The second kappa shape index (κ2) is 5.76. The van der Waals surface area contributed by atoms with Crippen molar-refractivity contribution in [3.05, 3.63) is 40.1 Å². The van der Waals surface area contributed by atoms with Crippen molar-refractivity contribution in [2.45, 2.75) is 6.92 Å². The molecular weight excluding hydrogens is 284 g/mol. The van der Waals surface area contributed by atoms with Gasteiger partial charge in [-0.05, 0) is 20.0 Å². The Kier molecular flexibility index (Phi) is 3.81. The van der Waals surface area contributed by atoms with E-state index in [2.05, 4.69) is 22.0 Å².